The molecule has 0 spiro atoms. The number of benzene rings is 2. The molecule has 0 amide bonds. The third kappa shape index (κ3) is 2.50. The predicted molar refractivity (Wildman–Crippen MR) is 86.6 cm³/mol. The van der Waals surface area contributed by atoms with Crippen molar-refractivity contribution in [3.05, 3.63) is 52.3 Å². The summed E-state index contributed by atoms with van der Waals surface area (Å²) in [6, 6.07) is 12.3. The Morgan fingerprint density at radius 1 is 1.19 bits per heavy atom. The lowest BCUT2D eigenvalue weighted by Gasteiger charge is -2.05. The number of rotatable bonds is 2. The van der Waals surface area contributed by atoms with Crippen molar-refractivity contribution in [3.8, 4) is 5.69 Å². The van der Waals surface area contributed by atoms with Crippen molar-refractivity contribution in [2.75, 3.05) is 6.26 Å². The highest BCUT2D eigenvalue weighted by Crippen LogP contribution is 2.26. The van der Waals surface area contributed by atoms with Crippen LogP contribution in [-0.2, 0) is 9.84 Å². The summed E-state index contributed by atoms with van der Waals surface area (Å²) in [7, 11) is -3.34. The van der Waals surface area contributed by atoms with Crippen molar-refractivity contribution >= 4 is 44.7 Å². The number of para-hydroxylation sites is 1. The third-order valence-corrected chi connectivity index (χ3v) is 4.80. The topological polar surface area (TPSA) is 54.9 Å². The normalized spacial score (nSPS) is 11.9. The molecular formula is C14H11ClN2O2S2. The number of nitrogens with one attached hydrogen (secondary N) is 1. The Hall–Kier alpha value is -1.63. The Balaban J connectivity index is 2.42. The molecule has 7 heteroatoms. The first-order valence-corrected chi connectivity index (χ1v) is 8.75. The molecule has 21 heavy (non-hydrogen) atoms. The van der Waals surface area contributed by atoms with E-state index in [-0.39, 0.29) is 4.90 Å². The molecule has 0 saturated carbocycles. The van der Waals surface area contributed by atoms with Crippen molar-refractivity contribution in [2.45, 2.75) is 4.90 Å². The molecule has 1 N–H and O–H groups in total. The highest BCUT2D eigenvalue weighted by atomic mass is 35.5. The van der Waals surface area contributed by atoms with Crippen LogP contribution in [0.25, 0.3) is 16.7 Å². The lowest BCUT2D eigenvalue weighted by atomic mass is 10.3. The second-order valence-corrected chi connectivity index (χ2v) is 7.48. The average Bonchev–Trinajstić information content (AvgIpc) is 2.73. The number of nitrogens with zero attached hydrogens (tertiary/aromatic N) is 1. The van der Waals surface area contributed by atoms with E-state index < -0.39 is 9.84 Å². The summed E-state index contributed by atoms with van der Waals surface area (Å²) < 4.78 is 25.9. The molecule has 0 aliphatic heterocycles. The summed E-state index contributed by atoms with van der Waals surface area (Å²) in [6.07, 6.45) is 1.18. The van der Waals surface area contributed by atoms with Gasteiger partial charge in [0.1, 0.15) is 0 Å². The van der Waals surface area contributed by atoms with E-state index in [2.05, 4.69) is 4.98 Å². The van der Waals surface area contributed by atoms with Gasteiger partial charge < -0.3 is 4.98 Å². The molecule has 2 aromatic carbocycles. The van der Waals surface area contributed by atoms with Gasteiger partial charge in [0.2, 0.25) is 0 Å². The zero-order valence-electron chi connectivity index (χ0n) is 11.0. The van der Waals surface area contributed by atoms with E-state index in [0.717, 1.165) is 5.69 Å². The lowest BCUT2D eigenvalue weighted by Crippen LogP contribution is -1.98. The molecule has 1 aromatic heterocycles. The number of H-pyrrole nitrogens is 1. The van der Waals surface area contributed by atoms with E-state index in [9.17, 15) is 8.42 Å². The Labute approximate surface area is 131 Å². The molecule has 4 nitrogen and oxygen atoms in total. The van der Waals surface area contributed by atoms with E-state index >= 15 is 0 Å². The van der Waals surface area contributed by atoms with Gasteiger partial charge in [-0.15, -0.1) is 0 Å². The van der Waals surface area contributed by atoms with Gasteiger partial charge in [-0.25, -0.2) is 8.42 Å². The molecule has 3 aromatic rings. The highest BCUT2D eigenvalue weighted by Gasteiger charge is 2.16. The van der Waals surface area contributed by atoms with E-state index in [1.165, 1.54) is 6.26 Å². The number of aromatic amines is 1. The highest BCUT2D eigenvalue weighted by molar-refractivity contribution is 7.91. The Bertz CT molecular complexity index is 1000. The number of halogens is 1. The maximum atomic E-state index is 11.9. The van der Waals surface area contributed by atoms with Crippen molar-refractivity contribution in [2.24, 2.45) is 0 Å². The molecule has 108 valence electrons. The predicted octanol–water partition coefficient (Wildman–Crippen LogP) is 3.74. The minimum atomic E-state index is -3.34. The average molecular weight is 339 g/mol. The Kier molecular flexibility index (Phi) is 3.39. The molecule has 0 fully saturated rings. The van der Waals surface area contributed by atoms with Crippen molar-refractivity contribution in [3.63, 3.8) is 0 Å². The van der Waals surface area contributed by atoms with Gasteiger partial charge in [0.05, 0.1) is 15.9 Å². The minimum Gasteiger partial charge on any atom is -0.329 e. The first-order valence-electron chi connectivity index (χ1n) is 6.08. The molecule has 0 aliphatic rings. The molecule has 0 aliphatic carbocycles. The van der Waals surface area contributed by atoms with Gasteiger partial charge in [0.15, 0.2) is 14.6 Å². The third-order valence-electron chi connectivity index (χ3n) is 3.15. The number of imidazole rings is 1. The number of hydrogen-bond donors (Lipinski definition) is 1. The zero-order chi connectivity index (χ0) is 15.2. The van der Waals surface area contributed by atoms with Gasteiger partial charge in [0.25, 0.3) is 0 Å². The molecular weight excluding hydrogens is 328 g/mol. The number of hydrogen-bond acceptors (Lipinski definition) is 3. The van der Waals surface area contributed by atoms with Crippen LogP contribution in [0.1, 0.15) is 0 Å². The van der Waals surface area contributed by atoms with Gasteiger partial charge in [0, 0.05) is 17.0 Å². The van der Waals surface area contributed by atoms with Crippen LogP contribution in [0.5, 0.6) is 0 Å². The molecule has 0 radical (unpaired) electrons. The monoisotopic (exact) mass is 338 g/mol. The maximum Gasteiger partial charge on any atom is 0.182 e. The summed E-state index contributed by atoms with van der Waals surface area (Å²) in [6.45, 7) is 0. The van der Waals surface area contributed by atoms with Crippen LogP contribution in [0.4, 0.5) is 0 Å². The molecule has 0 atom stereocenters. The molecule has 1 heterocycles. The molecule has 3 rings (SSSR count). The largest absolute Gasteiger partial charge is 0.329 e. The number of aromatic nitrogens is 2. The van der Waals surface area contributed by atoms with Crippen LogP contribution >= 0.6 is 23.8 Å². The van der Waals surface area contributed by atoms with Gasteiger partial charge in [-0.05, 0) is 42.5 Å². The fourth-order valence-electron chi connectivity index (χ4n) is 2.28. The summed E-state index contributed by atoms with van der Waals surface area (Å²) in [5.74, 6) is 0. The summed E-state index contributed by atoms with van der Waals surface area (Å²) >= 11 is 11.3. The summed E-state index contributed by atoms with van der Waals surface area (Å²) in [5, 5.41) is 0.586. The number of sulfone groups is 1. The van der Waals surface area contributed by atoms with Crippen LogP contribution in [0.15, 0.2) is 47.4 Å². The maximum absolute atomic E-state index is 11.9. The minimum absolute atomic E-state index is 0.229. The van der Waals surface area contributed by atoms with Gasteiger partial charge in [-0.3, -0.25) is 4.57 Å². The fraction of sp³-hybridized carbons (Fsp3) is 0.0714. The summed E-state index contributed by atoms with van der Waals surface area (Å²) in [5.41, 5.74) is 1.99. The van der Waals surface area contributed by atoms with Gasteiger partial charge in [-0.1, -0.05) is 23.7 Å². The quantitative estimate of drug-likeness (QED) is 0.724. The fourth-order valence-corrected chi connectivity index (χ4v) is 3.63. The van der Waals surface area contributed by atoms with E-state index in [1.807, 2.05) is 18.2 Å². The van der Waals surface area contributed by atoms with Gasteiger partial charge >= 0.3 is 0 Å². The first-order chi connectivity index (χ1) is 9.88. The van der Waals surface area contributed by atoms with Crippen LogP contribution in [0.3, 0.4) is 0 Å². The van der Waals surface area contributed by atoms with Crippen LogP contribution < -0.4 is 0 Å². The van der Waals surface area contributed by atoms with Crippen LogP contribution in [0.2, 0.25) is 5.02 Å². The first kappa shape index (κ1) is 14.3. The van der Waals surface area contributed by atoms with Crippen molar-refractivity contribution in [1.82, 2.24) is 9.55 Å². The van der Waals surface area contributed by atoms with Crippen LogP contribution in [0, 0.1) is 4.77 Å². The summed E-state index contributed by atoms with van der Waals surface area (Å²) in [4.78, 5) is 3.20. The molecule has 0 bridgehead atoms. The van der Waals surface area contributed by atoms with E-state index in [0.29, 0.717) is 20.8 Å². The lowest BCUT2D eigenvalue weighted by molar-refractivity contribution is 0.602. The standard InChI is InChI=1S/C14H11ClN2O2S2/c1-21(18,19)12-7-3-6-11-13(12)16-14(20)17(11)10-5-2-4-9(15)8-10/h2-8H,1H3,(H,16,20). The smallest absolute Gasteiger partial charge is 0.182 e. The second-order valence-electron chi connectivity index (χ2n) is 4.67. The Morgan fingerprint density at radius 2 is 1.90 bits per heavy atom. The van der Waals surface area contributed by atoms with Crippen molar-refractivity contribution in [1.29, 1.82) is 0 Å². The van der Waals surface area contributed by atoms with Crippen LogP contribution in [-0.4, -0.2) is 24.2 Å². The zero-order valence-corrected chi connectivity index (χ0v) is 13.4. The number of fused-ring (bicyclic) bond motifs is 1. The van der Waals surface area contributed by atoms with Gasteiger partial charge in [-0.2, -0.15) is 0 Å². The molecule has 0 unspecified atom stereocenters. The SMILES string of the molecule is CS(=O)(=O)c1cccc2c1[nH]c(=S)n2-c1cccc(Cl)c1. The van der Waals surface area contributed by atoms with E-state index in [4.69, 9.17) is 23.8 Å². The van der Waals surface area contributed by atoms with Crippen molar-refractivity contribution < 1.29 is 8.42 Å². The van der Waals surface area contributed by atoms with E-state index in [1.54, 1.807) is 28.8 Å². The Morgan fingerprint density at radius 3 is 2.57 bits per heavy atom. The molecule has 0 saturated heterocycles. The second kappa shape index (κ2) is 4.98.